The SMILES string of the molecule is CCCNC1=CCNC=C1. The van der Waals surface area contributed by atoms with Gasteiger partial charge in [0, 0.05) is 18.8 Å². The lowest BCUT2D eigenvalue weighted by Crippen LogP contribution is -2.18. The van der Waals surface area contributed by atoms with Crippen molar-refractivity contribution in [3.8, 4) is 0 Å². The average molecular weight is 138 g/mol. The lowest BCUT2D eigenvalue weighted by atomic mass is 10.3. The van der Waals surface area contributed by atoms with Gasteiger partial charge >= 0.3 is 0 Å². The molecule has 56 valence electrons. The molecule has 1 rings (SSSR count). The van der Waals surface area contributed by atoms with Gasteiger partial charge in [0.1, 0.15) is 0 Å². The van der Waals surface area contributed by atoms with Crippen molar-refractivity contribution in [1.82, 2.24) is 10.6 Å². The molecule has 1 heterocycles. The minimum atomic E-state index is 0.947. The number of allylic oxidation sites excluding steroid dienone is 1. The Balaban J connectivity index is 2.26. The molecule has 0 spiro atoms. The number of rotatable bonds is 3. The van der Waals surface area contributed by atoms with Crippen LogP contribution in [0.4, 0.5) is 0 Å². The van der Waals surface area contributed by atoms with Crippen molar-refractivity contribution < 1.29 is 0 Å². The molecule has 0 radical (unpaired) electrons. The summed E-state index contributed by atoms with van der Waals surface area (Å²) in [5, 5.41) is 6.40. The van der Waals surface area contributed by atoms with E-state index in [1.807, 2.05) is 6.20 Å². The molecule has 0 saturated heterocycles. The second-order valence-corrected chi connectivity index (χ2v) is 2.33. The third-order valence-corrected chi connectivity index (χ3v) is 1.40. The Kier molecular flexibility index (Phi) is 2.87. The number of hydrogen-bond donors (Lipinski definition) is 2. The fourth-order valence-corrected chi connectivity index (χ4v) is 0.854. The van der Waals surface area contributed by atoms with Crippen LogP contribution in [0.3, 0.4) is 0 Å². The van der Waals surface area contributed by atoms with Crippen molar-refractivity contribution in [2.75, 3.05) is 13.1 Å². The molecule has 2 heteroatoms. The van der Waals surface area contributed by atoms with Crippen LogP contribution in [0.1, 0.15) is 13.3 Å². The van der Waals surface area contributed by atoms with Crippen LogP contribution in [-0.2, 0) is 0 Å². The average Bonchev–Trinajstić information content (AvgIpc) is 2.03. The normalized spacial score (nSPS) is 15.9. The molecule has 0 unspecified atom stereocenters. The summed E-state index contributed by atoms with van der Waals surface area (Å²) < 4.78 is 0. The fraction of sp³-hybridized carbons (Fsp3) is 0.500. The molecular formula is C8H14N2. The van der Waals surface area contributed by atoms with Crippen LogP contribution in [0.2, 0.25) is 0 Å². The molecule has 2 nitrogen and oxygen atoms in total. The van der Waals surface area contributed by atoms with Gasteiger partial charge in [0.2, 0.25) is 0 Å². The quantitative estimate of drug-likeness (QED) is 0.607. The van der Waals surface area contributed by atoms with E-state index >= 15 is 0 Å². The van der Waals surface area contributed by atoms with E-state index in [0.717, 1.165) is 13.1 Å². The molecule has 0 saturated carbocycles. The molecule has 0 aromatic carbocycles. The van der Waals surface area contributed by atoms with E-state index in [2.05, 4.69) is 29.7 Å². The summed E-state index contributed by atoms with van der Waals surface area (Å²) in [7, 11) is 0. The Hall–Kier alpha value is -0.920. The highest BCUT2D eigenvalue weighted by atomic mass is 14.9. The van der Waals surface area contributed by atoms with Gasteiger partial charge in [0.15, 0.2) is 0 Å². The molecule has 10 heavy (non-hydrogen) atoms. The summed E-state index contributed by atoms with van der Waals surface area (Å²) in [6, 6.07) is 0. The van der Waals surface area contributed by atoms with Gasteiger partial charge in [-0.05, 0) is 24.8 Å². The van der Waals surface area contributed by atoms with Crippen molar-refractivity contribution in [2.45, 2.75) is 13.3 Å². The van der Waals surface area contributed by atoms with Gasteiger partial charge in [0.05, 0.1) is 0 Å². The van der Waals surface area contributed by atoms with Gasteiger partial charge in [-0.15, -0.1) is 0 Å². The fourth-order valence-electron chi connectivity index (χ4n) is 0.854. The largest absolute Gasteiger partial charge is 0.387 e. The molecule has 1 aliphatic rings. The van der Waals surface area contributed by atoms with Crippen molar-refractivity contribution in [1.29, 1.82) is 0 Å². The van der Waals surface area contributed by atoms with Crippen LogP contribution in [0, 0.1) is 0 Å². The van der Waals surface area contributed by atoms with E-state index in [1.54, 1.807) is 0 Å². The third-order valence-electron chi connectivity index (χ3n) is 1.40. The summed E-state index contributed by atoms with van der Waals surface area (Å²) in [6.45, 7) is 4.18. The Bertz CT molecular complexity index is 147. The maximum absolute atomic E-state index is 3.31. The van der Waals surface area contributed by atoms with E-state index in [9.17, 15) is 0 Å². The Morgan fingerprint density at radius 2 is 2.60 bits per heavy atom. The van der Waals surface area contributed by atoms with Crippen molar-refractivity contribution in [2.24, 2.45) is 0 Å². The Morgan fingerprint density at radius 1 is 1.70 bits per heavy atom. The standard InChI is InChI=1S/C8H14N2/c1-2-5-10-8-3-6-9-7-4-8/h3-4,6,9-10H,2,5,7H2,1H3. The molecule has 0 aliphatic carbocycles. The van der Waals surface area contributed by atoms with Crippen LogP contribution < -0.4 is 10.6 Å². The summed E-state index contributed by atoms with van der Waals surface area (Å²) in [6.07, 6.45) is 7.35. The molecule has 1 aliphatic heterocycles. The van der Waals surface area contributed by atoms with Crippen molar-refractivity contribution in [3.63, 3.8) is 0 Å². The molecule has 0 bridgehead atoms. The molecule has 0 aromatic rings. The van der Waals surface area contributed by atoms with Crippen LogP contribution in [-0.4, -0.2) is 13.1 Å². The zero-order valence-electron chi connectivity index (χ0n) is 6.35. The predicted octanol–water partition coefficient (Wildman–Crippen LogP) is 0.987. The van der Waals surface area contributed by atoms with E-state index < -0.39 is 0 Å². The maximum atomic E-state index is 3.31. The van der Waals surface area contributed by atoms with E-state index in [4.69, 9.17) is 0 Å². The van der Waals surface area contributed by atoms with Crippen molar-refractivity contribution in [3.05, 3.63) is 24.0 Å². The van der Waals surface area contributed by atoms with Crippen LogP contribution in [0.25, 0.3) is 0 Å². The number of dihydropyridines is 1. The van der Waals surface area contributed by atoms with Gasteiger partial charge in [-0.25, -0.2) is 0 Å². The monoisotopic (exact) mass is 138 g/mol. The third kappa shape index (κ3) is 2.13. The van der Waals surface area contributed by atoms with Crippen LogP contribution >= 0.6 is 0 Å². The van der Waals surface area contributed by atoms with Crippen LogP contribution in [0.15, 0.2) is 24.0 Å². The second-order valence-electron chi connectivity index (χ2n) is 2.33. The highest BCUT2D eigenvalue weighted by molar-refractivity contribution is 5.20. The van der Waals surface area contributed by atoms with Crippen molar-refractivity contribution >= 4 is 0 Å². The predicted molar refractivity (Wildman–Crippen MR) is 43.5 cm³/mol. The molecule has 2 N–H and O–H groups in total. The lowest BCUT2D eigenvalue weighted by molar-refractivity contribution is 0.770. The lowest BCUT2D eigenvalue weighted by Gasteiger charge is -2.09. The molecule has 0 fully saturated rings. The zero-order valence-corrected chi connectivity index (χ0v) is 6.35. The molecular weight excluding hydrogens is 124 g/mol. The summed E-state index contributed by atoms with van der Waals surface area (Å²) in [4.78, 5) is 0. The van der Waals surface area contributed by atoms with Gasteiger partial charge in [0.25, 0.3) is 0 Å². The Labute approximate surface area is 62.0 Å². The topological polar surface area (TPSA) is 24.1 Å². The second kappa shape index (κ2) is 3.99. The molecule has 0 amide bonds. The van der Waals surface area contributed by atoms with E-state index in [1.165, 1.54) is 12.1 Å². The zero-order chi connectivity index (χ0) is 7.23. The highest BCUT2D eigenvalue weighted by Gasteiger charge is 1.92. The first-order valence-electron chi connectivity index (χ1n) is 3.77. The van der Waals surface area contributed by atoms with E-state index in [0.29, 0.717) is 0 Å². The number of nitrogens with one attached hydrogen (secondary N) is 2. The van der Waals surface area contributed by atoms with E-state index in [-0.39, 0.29) is 0 Å². The first-order chi connectivity index (χ1) is 4.93. The number of hydrogen-bond acceptors (Lipinski definition) is 2. The van der Waals surface area contributed by atoms with Gasteiger partial charge < -0.3 is 10.6 Å². The summed E-state index contributed by atoms with van der Waals surface area (Å²) in [5.41, 5.74) is 1.24. The highest BCUT2D eigenvalue weighted by Crippen LogP contribution is 1.94. The van der Waals surface area contributed by atoms with Gasteiger partial charge in [-0.3, -0.25) is 0 Å². The maximum Gasteiger partial charge on any atom is 0.0348 e. The summed E-state index contributed by atoms with van der Waals surface area (Å²) in [5.74, 6) is 0. The molecule has 0 atom stereocenters. The molecule has 0 aromatic heterocycles. The summed E-state index contributed by atoms with van der Waals surface area (Å²) >= 11 is 0. The van der Waals surface area contributed by atoms with Gasteiger partial charge in [-0.1, -0.05) is 6.92 Å². The minimum absolute atomic E-state index is 0.947. The smallest absolute Gasteiger partial charge is 0.0348 e. The first kappa shape index (κ1) is 7.19. The first-order valence-corrected chi connectivity index (χ1v) is 3.77. The minimum Gasteiger partial charge on any atom is -0.387 e. The Morgan fingerprint density at radius 3 is 3.20 bits per heavy atom. The van der Waals surface area contributed by atoms with Gasteiger partial charge in [-0.2, -0.15) is 0 Å². The van der Waals surface area contributed by atoms with Crippen LogP contribution in [0.5, 0.6) is 0 Å².